The first-order chi connectivity index (χ1) is 11.3. The summed E-state index contributed by atoms with van der Waals surface area (Å²) in [4.78, 5) is 13.1. The Morgan fingerprint density at radius 2 is 1.96 bits per heavy atom. The third-order valence-electron chi connectivity index (χ3n) is 3.95. The van der Waals surface area contributed by atoms with Crippen LogP contribution in [0.25, 0.3) is 0 Å². The molecule has 3 rings (SSSR count). The second-order valence-corrected chi connectivity index (χ2v) is 7.98. The van der Waals surface area contributed by atoms with Crippen molar-refractivity contribution in [1.82, 2.24) is 0 Å². The minimum Gasteiger partial charge on any atom is -0.491 e. The molecule has 0 N–H and O–H groups in total. The molecule has 1 aliphatic rings. The van der Waals surface area contributed by atoms with Crippen LogP contribution in [0.15, 0.2) is 46.9 Å². The van der Waals surface area contributed by atoms with Crippen molar-refractivity contribution in [3.63, 3.8) is 0 Å². The van der Waals surface area contributed by atoms with Gasteiger partial charge in [0.25, 0.3) is 0 Å². The van der Waals surface area contributed by atoms with Gasteiger partial charge in [0.1, 0.15) is 18.5 Å². The van der Waals surface area contributed by atoms with Gasteiger partial charge in [-0.05, 0) is 29.2 Å². The van der Waals surface area contributed by atoms with Gasteiger partial charge in [-0.3, -0.25) is 4.79 Å². The summed E-state index contributed by atoms with van der Waals surface area (Å²) in [5.74, 6) is 0.686. The molecule has 2 aromatic carbocycles. The molecule has 1 unspecified atom stereocenters. The number of epoxide rings is 1. The predicted molar refractivity (Wildman–Crippen MR) is 98.0 cm³/mol. The minimum absolute atomic E-state index is 0.00865. The van der Waals surface area contributed by atoms with Crippen molar-refractivity contribution in [3.8, 4) is 5.75 Å². The van der Waals surface area contributed by atoms with Gasteiger partial charge in [0.15, 0.2) is 5.78 Å². The van der Waals surface area contributed by atoms with Crippen molar-refractivity contribution in [2.45, 2.75) is 32.3 Å². The number of hydrogen-bond donors (Lipinski definition) is 0. The van der Waals surface area contributed by atoms with E-state index >= 15 is 0 Å². The van der Waals surface area contributed by atoms with Crippen LogP contribution in [0.2, 0.25) is 0 Å². The number of ketones is 1. The summed E-state index contributed by atoms with van der Waals surface area (Å²) in [6.45, 7) is 7.61. The first kappa shape index (κ1) is 17.2. The molecule has 4 heteroatoms. The molecule has 24 heavy (non-hydrogen) atoms. The third-order valence-corrected chi connectivity index (χ3v) is 4.41. The van der Waals surface area contributed by atoms with Gasteiger partial charge in [-0.15, -0.1) is 0 Å². The highest BCUT2D eigenvalue weighted by Crippen LogP contribution is 2.29. The topological polar surface area (TPSA) is 38.8 Å². The van der Waals surface area contributed by atoms with Gasteiger partial charge in [0, 0.05) is 15.6 Å². The molecule has 1 atom stereocenters. The second kappa shape index (κ2) is 6.69. The van der Waals surface area contributed by atoms with Crippen molar-refractivity contribution in [3.05, 3.63) is 63.6 Å². The van der Waals surface area contributed by atoms with Gasteiger partial charge in [-0.1, -0.05) is 61.0 Å². The van der Waals surface area contributed by atoms with E-state index in [1.54, 1.807) is 6.07 Å². The molecule has 0 amide bonds. The molecule has 1 fully saturated rings. The maximum Gasteiger partial charge on any atom is 0.193 e. The van der Waals surface area contributed by atoms with Crippen LogP contribution in [-0.2, 0) is 10.2 Å². The number of carbonyl (C=O) groups is 1. The van der Waals surface area contributed by atoms with Crippen LogP contribution >= 0.6 is 15.9 Å². The lowest BCUT2D eigenvalue weighted by Crippen LogP contribution is -2.17. The highest BCUT2D eigenvalue weighted by Gasteiger charge is 2.24. The summed E-state index contributed by atoms with van der Waals surface area (Å²) in [5.41, 5.74) is 2.30. The first-order valence-electron chi connectivity index (χ1n) is 8.04. The summed E-state index contributed by atoms with van der Waals surface area (Å²) in [5, 5.41) is 0. The molecule has 1 saturated heterocycles. The number of halogens is 1. The number of carbonyl (C=O) groups excluding carboxylic acids is 1. The Kier molecular flexibility index (Phi) is 4.79. The Balaban J connectivity index is 1.92. The Hall–Kier alpha value is -1.65. The van der Waals surface area contributed by atoms with Gasteiger partial charge in [0.2, 0.25) is 0 Å². The van der Waals surface area contributed by atoms with E-state index < -0.39 is 0 Å². The monoisotopic (exact) mass is 388 g/mol. The van der Waals surface area contributed by atoms with Crippen LogP contribution in [0.1, 0.15) is 42.3 Å². The zero-order valence-corrected chi connectivity index (χ0v) is 15.7. The summed E-state index contributed by atoms with van der Waals surface area (Å²) >= 11 is 3.47. The van der Waals surface area contributed by atoms with Crippen molar-refractivity contribution in [2.75, 3.05) is 13.2 Å². The zero-order valence-electron chi connectivity index (χ0n) is 14.1. The molecular formula is C20H21BrO3. The SMILES string of the molecule is CC(C)(C)c1ccccc1C(=O)c1cc(Br)cc(OCC2CO2)c1. The van der Waals surface area contributed by atoms with Crippen LogP contribution in [-0.4, -0.2) is 25.1 Å². The second-order valence-electron chi connectivity index (χ2n) is 7.07. The van der Waals surface area contributed by atoms with E-state index in [2.05, 4.69) is 36.7 Å². The first-order valence-corrected chi connectivity index (χ1v) is 8.83. The van der Waals surface area contributed by atoms with Crippen LogP contribution in [0, 0.1) is 0 Å². The van der Waals surface area contributed by atoms with E-state index in [1.165, 1.54) is 0 Å². The molecule has 0 radical (unpaired) electrons. The summed E-state index contributed by atoms with van der Waals surface area (Å²) in [7, 11) is 0. The van der Waals surface area contributed by atoms with Crippen molar-refractivity contribution >= 4 is 21.7 Å². The van der Waals surface area contributed by atoms with E-state index in [9.17, 15) is 4.79 Å². The van der Waals surface area contributed by atoms with E-state index in [-0.39, 0.29) is 17.3 Å². The molecule has 0 saturated carbocycles. The van der Waals surface area contributed by atoms with E-state index in [0.717, 1.165) is 22.2 Å². The smallest absolute Gasteiger partial charge is 0.193 e. The third kappa shape index (κ3) is 4.05. The number of rotatable bonds is 5. The highest BCUT2D eigenvalue weighted by molar-refractivity contribution is 9.10. The van der Waals surface area contributed by atoms with E-state index in [4.69, 9.17) is 9.47 Å². The number of hydrogen-bond acceptors (Lipinski definition) is 3. The lowest BCUT2D eigenvalue weighted by atomic mass is 9.82. The van der Waals surface area contributed by atoms with Crippen molar-refractivity contribution in [2.24, 2.45) is 0 Å². The Bertz CT molecular complexity index is 758. The molecule has 1 heterocycles. The quantitative estimate of drug-likeness (QED) is 0.547. The maximum absolute atomic E-state index is 13.1. The zero-order chi connectivity index (χ0) is 17.3. The van der Waals surface area contributed by atoms with Gasteiger partial charge in [-0.2, -0.15) is 0 Å². The number of benzene rings is 2. The van der Waals surface area contributed by atoms with Gasteiger partial charge < -0.3 is 9.47 Å². The fourth-order valence-corrected chi connectivity index (χ4v) is 3.09. The molecule has 0 aromatic heterocycles. The molecule has 2 aromatic rings. The Morgan fingerprint density at radius 1 is 1.25 bits per heavy atom. The van der Waals surface area contributed by atoms with Crippen LogP contribution < -0.4 is 4.74 Å². The lowest BCUT2D eigenvalue weighted by molar-refractivity contribution is 0.103. The molecule has 0 spiro atoms. The Labute approximate surface area is 151 Å². The fourth-order valence-electron chi connectivity index (χ4n) is 2.62. The van der Waals surface area contributed by atoms with Crippen molar-refractivity contribution < 1.29 is 14.3 Å². The van der Waals surface area contributed by atoms with Crippen LogP contribution in [0.5, 0.6) is 5.75 Å². The highest BCUT2D eigenvalue weighted by atomic mass is 79.9. The molecular weight excluding hydrogens is 368 g/mol. The molecule has 0 aliphatic carbocycles. The van der Waals surface area contributed by atoms with Gasteiger partial charge >= 0.3 is 0 Å². The lowest BCUT2D eigenvalue weighted by Gasteiger charge is -2.22. The average Bonchev–Trinajstić information content (AvgIpc) is 3.35. The fraction of sp³-hybridized carbons (Fsp3) is 0.350. The normalized spacial score (nSPS) is 16.8. The summed E-state index contributed by atoms with van der Waals surface area (Å²) in [6.07, 6.45) is 0.185. The summed E-state index contributed by atoms with van der Waals surface area (Å²) in [6, 6.07) is 13.3. The minimum atomic E-state index is -0.0963. The molecule has 3 nitrogen and oxygen atoms in total. The molecule has 1 aliphatic heterocycles. The predicted octanol–water partition coefficient (Wildman–Crippen LogP) is 4.76. The van der Waals surface area contributed by atoms with Crippen molar-refractivity contribution in [1.29, 1.82) is 0 Å². The molecule has 0 bridgehead atoms. The van der Waals surface area contributed by atoms with Gasteiger partial charge in [-0.25, -0.2) is 0 Å². The van der Waals surface area contributed by atoms with Crippen LogP contribution in [0.3, 0.4) is 0 Å². The standard InChI is InChI=1S/C20H21BrO3/c1-20(2,3)18-7-5-4-6-17(18)19(22)13-8-14(21)10-15(9-13)23-11-16-12-24-16/h4-10,16H,11-12H2,1-3H3. The average molecular weight is 389 g/mol. The van der Waals surface area contributed by atoms with Gasteiger partial charge in [0.05, 0.1) is 6.61 Å². The largest absolute Gasteiger partial charge is 0.491 e. The Morgan fingerprint density at radius 3 is 2.62 bits per heavy atom. The van der Waals surface area contributed by atoms with E-state index in [0.29, 0.717) is 17.9 Å². The maximum atomic E-state index is 13.1. The van der Waals surface area contributed by atoms with E-state index in [1.807, 2.05) is 36.4 Å². The molecule has 126 valence electrons. The van der Waals surface area contributed by atoms with Crippen LogP contribution in [0.4, 0.5) is 0 Å². The summed E-state index contributed by atoms with van der Waals surface area (Å²) < 4.78 is 11.7. The number of ether oxygens (including phenoxy) is 2.